The van der Waals surface area contributed by atoms with E-state index in [1.165, 1.54) is 58.3 Å². The number of hydrogen-bond acceptors (Lipinski definition) is 2. The number of piperidine rings is 1. The van der Waals surface area contributed by atoms with E-state index in [0.717, 1.165) is 5.92 Å². The van der Waals surface area contributed by atoms with Crippen LogP contribution in [0.4, 0.5) is 0 Å². The second-order valence-electron chi connectivity index (χ2n) is 4.64. The minimum Gasteiger partial charge on any atom is -0.317 e. The van der Waals surface area contributed by atoms with E-state index in [2.05, 4.69) is 24.2 Å². The first-order valence-corrected chi connectivity index (χ1v) is 6.22. The van der Waals surface area contributed by atoms with Crippen molar-refractivity contribution in [3.8, 4) is 0 Å². The third-order valence-corrected chi connectivity index (χ3v) is 3.27. The average molecular weight is 235 g/mol. The molecule has 15 heavy (non-hydrogen) atoms. The van der Waals surface area contributed by atoms with Gasteiger partial charge in [0.25, 0.3) is 0 Å². The maximum Gasteiger partial charge on any atom is -0.00191 e. The van der Waals surface area contributed by atoms with Crippen LogP contribution in [0.5, 0.6) is 0 Å². The van der Waals surface area contributed by atoms with Crippen molar-refractivity contribution < 1.29 is 0 Å². The predicted octanol–water partition coefficient (Wildman–Crippen LogP) is 2.53. The summed E-state index contributed by atoms with van der Waals surface area (Å²) < 4.78 is 0. The van der Waals surface area contributed by atoms with Gasteiger partial charge >= 0.3 is 0 Å². The Hall–Kier alpha value is 0.210. The SMILES string of the molecule is CCCCN(C)CCC1CCNCC1.Cl. The van der Waals surface area contributed by atoms with Gasteiger partial charge in [0.05, 0.1) is 0 Å². The highest BCUT2D eigenvalue weighted by atomic mass is 35.5. The fourth-order valence-electron chi connectivity index (χ4n) is 2.11. The lowest BCUT2D eigenvalue weighted by molar-refractivity contribution is 0.268. The fourth-order valence-corrected chi connectivity index (χ4v) is 2.11. The highest BCUT2D eigenvalue weighted by Gasteiger charge is 2.12. The highest BCUT2D eigenvalue weighted by Crippen LogP contribution is 2.15. The molecule has 0 spiro atoms. The van der Waals surface area contributed by atoms with Crippen molar-refractivity contribution in [2.24, 2.45) is 5.92 Å². The summed E-state index contributed by atoms with van der Waals surface area (Å²) in [6.45, 7) is 7.32. The van der Waals surface area contributed by atoms with Crippen molar-refractivity contribution in [3.05, 3.63) is 0 Å². The molecule has 1 saturated heterocycles. The molecule has 0 aromatic carbocycles. The van der Waals surface area contributed by atoms with Crippen molar-refractivity contribution >= 4 is 12.4 Å². The van der Waals surface area contributed by atoms with Gasteiger partial charge in [-0.05, 0) is 64.8 Å². The van der Waals surface area contributed by atoms with Crippen LogP contribution in [-0.4, -0.2) is 38.1 Å². The lowest BCUT2D eigenvalue weighted by atomic mass is 9.94. The first-order chi connectivity index (χ1) is 6.83. The maximum absolute atomic E-state index is 3.42. The summed E-state index contributed by atoms with van der Waals surface area (Å²) in [5.41, 5.74) is 0. The summed E-state index contributed by atoms with van der Waals surface area (Å²) >= 11 is 0. The molecule has 0 aliphatic carbocycles. The van der Waals surface area contributed by atoms with Crippen LogP contribution in [0.15, 0.2) is 0 Å². The number of unbranched alkanes of at least 4 members (excludes halogenated alkanes) is 1. The monoisotopic (exact) mass is 234 g/mol. The molecule has 0 amide bonds. The first-order valence-electron chi connectivity index (χ1n) is 6.22. The third-order valence-electron chi connectivity index (χ3n) is 3.27. The first kappa shape index (κ1) is 15.2. The van der Waals surface area contributed by atoms with E-state index in [4.69, 9.17) is 0 Å². The molecule has 1 fully saturated rings. The maximum atomic E-state index is 3.42. The van der Waals surface area contributed by atoms with E-state index < -0.39 is 0 Å². The number of hydrogen-bond donors (Lipinski definition) is 1. The summed E-state index contributed by atoms with van der Waals surface area (Å²) in [7, 11) is 2.26. The Bertz CT molecular complexity index is 136. The van der Waals surface area contributed by atoms with Gasteiger partial charge in [-0.2, -0.15) is 0 Å². The smallest absolute Gasteiger partial charge is 0.00191 e. The lowest BCUT2D eigenvalue weighted by Crippen LogP contribution is -2.30. The number of nitrogens with one attached hydrogen (secondary N) is 1. The Morgan fingerprint density at radius 3 is 2.47 bits per heavy atom. The van der Waals surface area contributed by atoms with E-state index in [-0.39, 0.29) is 12.4 Å². The minimum atomic E-state index is 0. The van der Waals surface area contributed by atoms with E-state index in [9.17, 15) is 0 Å². The van der Waals surface area contributed by atoms with E-state index in [1.807, 2.05) is 0 Å². The van der Waals surface area contributed by atoms with Gasteiger partial charge in [-0.1, -0.05) is 13.3 Å². The van der Waals surface area contributed by atoms with Crippen molar-refractivity contribution in [3.63, 3.8) is 0 Å². The molecule has 0 atom stereocenters. The minimum absolute atomic E-state index is 0. The average Bonchev–Trinajstić information content (AvgIpc) is 2.25. The number of rotatable bonds is 6. The van der Waals surface area contributed by atoms with Gasteiger partial charge < -0.3 is 10.2 Å². The van der Waals surface area contributed by atoms with E-state index in [0.29, 0.717) is 0 Å². The predicted molar refractivity (Wildman–Crippen MR) is 69.9 cm³/mol. The van der Waals surface area contributed by atoms with Gasteiger partial charge in [0.2, 0.25) is 0 Å². The van der Waals surface area contributed by atoms with Gasteiger partial charge in [-0.15, -0.1) is 12.4 Å². The Morgan fingerprint density at radius 2 is 1.87 bits per heavy atom. The zero-order valence-electron chi connectivity index (χ0n) is 10.3. The Kier molecular flexibility index (Phi) is 9.57. The normalized spacial score (nSPS) is 17.8. The van der Waals surface area contributed by atoms with Gasteiger partial charge in [0, 0.05) is 0 Å². The van der Waals surface area contributed by atoms with Crippen LogP contribution in [-0.2, 0) is 0 Å². The number of nitrogens with zero attached hydrogens (tertiary/aromatic N) is 1. The molecular formula is C12H27ClN2. The molecule has 1 heterocycles. The topological polar surface area (TPSA) is 15.3 Å². The van der Waals surface area contributed by atoms with Crippen LogP contribution in [0, 0.1) is 5.92 Å². The van der Waals surface area contributed by atoms with Crippen molar-refractivity contribution in [2.45, 2.75) is 39.0 Å². The highest BCUT2D eigenvalue weighted by molar-refractivity contribution is 5.85. The van der Waals surface area contributed by atoms with Crippen LogP contribution in [0.25, 0.3) is 0 Å². The molecule has 1 aliphatic heterocycles. The van der Waals surface area contributed by atoms with Gasteiger partial charge in [-0.25, -0.2) is 0 Å². The van der Waals surface area contributed by atoms with E-state index >= 15 is 0 Å². The second kappa shape index (κ2) is 9.44. The molecule has 3 heteroatoms. The largest absolute Gasteiger partial charge is 0.317 e. The molecule has 1 N–H and O–H groups in total. The molecule has 1 rings (SSSR count). The molecule has 0 radical (unpaired) electrons. The molecule has 0 saturated carbocycles. The van der Waals surface area contributed by atoms with Crippen LogP contribution in [0.3, 0.4) is 0 Å². The molecule has 92 valence electrons. The molecule has 0 aromatic rings. The molecule has 0 aromatic heterocycles. The molecular weight excluding hydrogens is 208 g/mol. The second-order valence-corrected chi connectivity index (χ2v) is 4.64. The molecule has 1 aliphatic rings. The van der Waals surface area contributed by atoms with Crippen LogP contribution >= 0.6 is 12.4 Å². The Morgan fingerprint density at radius 1 is 1.20 bits per heavy atom. The fraction of sp³-hybridized carbons (Fsp3) is 1.00. The standard InChI is InChI=1S/C12H26N2.ClH/c1-3-4-10-14(2)11-7-12-5-8-13-9-6-12;/h12-13H,3-11H2,1-2H3;1H. The molecule has 0 unspecified atom stereocenters. The van der Waals surface area contributed by atoms with Crippen LogP contribution < -0.4 is 5.32 Å². The van der Waals surface area contributed by atoms with Gasteiger partial charge in [0.1, 0.15) is 0 Å². The quantitative estimate of drug-likeness (QED) is 0.760. The summed E-state index contributed by atoms with van der Waals surface area (Å²) in [5.74, 6) is 0.986. The number of halogens is 1. The lowest BCUT2D eigenvalue weighted by Gasteiger charge is -2.25. The van der Waals surface area contributed by atoms with Crippen molar-refractivity contribution in [1.82, 2.24) is 10.2 Å². The van der Waals surface area contributed by atoms with E-state index in [1.54, 1.807) is 0 Å². The van der Waals surface area contributed by atoms with Crippen molar-refractivity contribution in [2.75, 3.05) is 33.2 Å². The summed E-state index contributed by atoms with van der Waals surface area (Å²) in [4.78, 5) is 2.49. The molecule has 0 bridgehead atoms. The van der Waals surface area contributed by atoms with Crippen LogP contribution in [0.1, 0.15) is 39.0 Å². The van der Waals surface area contributed by atoms with Gasteiger partial charge in [0.15, 0.2) is 0 Å². The zero-order chi connectivity index (χ0) is 10.2. The summed E-state index contributed by atoms with van der Waals surface area (Å²) in [6.07, 6.45) is 6.85. The zero-order valence-corrected chi connectivity index (χ0v) is 11.1. The van der Waals surface area contributed by atoms with Crippen molar-refractivity contribution in [1.29, 1.82) is 0 Å². The summed E-state index contributed by atoms with van der Waals surface area (Å²) in [5, 5.41) is 3.42. The van der Waals surface area contributed by atoms with Gasteiger partial charge in [-0.3, -0.25) is 0 Å². The summed E-state index contributed by atoms with van der Waals surface area (Å²) in [6, 6.07) is 0. The Balaban J connectivity index is 0.00000196. The third kappa shape index (κ3) is 7.15. The van der Waals surface area contributed by atoms with Crippen LogP contribution in [0.2, 0.25) is 0 Å². The molecule has 2 nitrogen and oxygen atoms in total. The Labute approximate surface area is 101 Å².